The van der Waals surface area contributed by atoms with Crippen molar-refractivity contribution in [3.8, 4) is 17.2 Å². The van der Waals surface area contributed by atoms with Gasteiger partial charge in [0.1, 0.15) is 11.9 Å². The fourth-order valence-electron chi connectivity index (χ4n) is 5.23. The summed E-state index contributed by atoms with van der Waals surface area (Å²) in [6.07, 6.45) is 13.6. The third-order valence-electron chi connectivity index (χ3n) is 6.84. The van der Waals surface area contributed by atoms with E-state index in [2.05, 4.69) is 37.3 Å². The first kappa shape index (κ1) is 18.9. The second-order valence-electron chi connectivity index (χ2n) is 8.49. The maximum absolute atomic E-state index is 14.0. The largest absolute Gasteiger partial charge is 0.206 e. The number of aryl methyl sites for hydroxylation is 1. The van der Waals surface area contributed by atoms with Gasteiger partial charge < -0.3 is 0 Å². The Bertz CT molecular complexity index is 913. The normalized spacial score (nSPS) is 24.7. The van der Waals surface area contributed by atoms with Gasteiger partial charge in [-0.2, -0.15) is 5.26 Å². The van der Waals surface area contributed by atoms with Crippen molar-refractivity contribution in [2.75, 3.05) is 0 Å². The van der Waals surface area contributed by atoms with Crippen LogP contribution in [-0.2, 0) is 12.8 Å². The number of hydrogen-bond donors (Lipinski definition) is 0. The van der Waals surface area contributed by atoms with E-state index in [4.69, 9.17) is 5.26 Å². The fourth-order valence-corrected chi connectivity index (χ4v) is 5.23. The Hall–Kier alpha value is -2.40. The van der Waals surface area contributed by atoms with Crippen LogP contribution < -0.4 is 0 Å². The van der Waals surface area contributed by atoms with Crippen LogP contribution in [0.2, 0.25) is 0 Å². The summed E-state index contributed by atoms with van der Waals surface area (Å²) in [5.41, 5.74) is 4.90. The lowest BCUT2D eigenvalue weighted by atomic mass is 9.69. The molecule has 28 heavy (non-hydrogen) atoms. The van der Waals surface area contributed by atoms with Gasteiger partial charge in [-0.05, 0) is 104 Å². The quantitative estimate of drug-likeness (QED) is 0.540. The first-order valence-corrected chi connectivity index (χ1v) is 10.6. The zero-order valence-electron chi connectivity index (χ0n) is 16.6. The molecule has 0 aromatic heterocycles. The molecule has 4 rings (SSSR count). The Morgan fingerprint density at radius 2 is 1.68 bits per heavy atom. The zero-order chi connectivity index (χ0) is 19.5. The molecule has 1 saturated carbocycles. The van der Waals surface area contributed by atoms with Crippen molar-refractivity contribution in [1.82, 2.24) is 0 Å². The van der Waals surface area contributed by atoms with E-state index in [1.54, 1.807) is 6.07 Å². The van der Waals surface area contributed by atoms with Crippen LogP contribution in [0, 0.1) is 34.9 Å². The molecule has 0 saturated heterocycles. The maximum Gasteiger partial charge on any atom is 0.141 e. The minimum Gasteiger partial charge on any atom is -0.206 e. The summed E-state index contributed by atoms with van der Waals surface area (Å²) in [5, 5.41) is 8.92. The summed E-state index contributed by atoms with van der Waals surface area (Å²) in [5.74, 6) is 2.05. The molecule has 0 N–H and O–H groups in total. The lowest BCUT2D eigenvalue weighted by Gasteiger charge is -2.36. The molecule has 1 fully saturated rings. The van der Waals surface area contributed by atoms with Gasteiger partial charge in [0.2, 0.25) is 0 Å². The molecule has 1 unspecified atom stereocenters. The van der Waals surface area contributed by atoms with Crippen LogP contribution in [0.3, 0.4) is 0 Å². The van der Waals surface area contributed by atoms with E-state index in [1.807, 2.05) is 12.1 Å². The van der Waals surface area contributed by atoms with Crippen LogP contribution in [0.25, 0.3) is 11.1 Å². The third kappa shape index (κ3) is 3.90. The van der Waals surface area contributed by atoms with Crippen molar-refractivity contribution >= 4 is 0 Å². The minimum atomic E-state index is -0.439. The Labute approximate surface area is 167 Å². The van der Waals surface area contributed by atoms with Crippen molar-refractivity contribution < 1.29 is 4.39 Å². The molecule has 2 aromatic carbocycles. The molecule has 2 aromatic rings. The Morgan fingerprint density at radius 3 is 2.39 bits per heavy atom. The highest BCUT2D eigenvalue weighted by atomic mass is 19.1. The summed E-state index contributed by atoms with van der Waals surface area (Å²) < 4.78 is 14.0. The molecule has 1 nitrogen and oxygen atoms in total. The number of nitrogens with zero attached hydrogens (tertiary/aromatic N) is 1. The third-order valence-corrected chi connectivity index (χ3v) is 6.84. The van der Waals surface area contributed by atoms with Crippen molar-refractivity contribution in [1.29, 1.82) is 5.26 Å². The molecule has 1 atom stereocenters. The second kappa shape index (κ2) is 8.31. The van der Waals surface area contributed by atoms with Crippen LogP contribution in [0.1, 0.15) is 55.7 Å². The van der Waals surface area contributed by atoms with E-state index in [0.29, 0.717) is 0 Å². The lowest BCUT2D eigenvalue weighted by molar-refractivity contribution is 0.206. The molecular formula is C26H28FN. The van der Waals surface area contributed by atoms with Gasteiger partial charge >= 0.3 is 0 Å². The predicted octanol–water partition coefficient (Wildman–Crippen LogP) is 6.85. The Morgan fingerprint density at radius 1 is 0.929 bits per heavy atom. The number of benzene rings is 2. The molecule has 2 aliphatic rings. The highest BCUT2D eigenvalue weighted by Gasteiger charge is 2.29. The molecule has 0 bridgehead atoms. The summed E-state index contributed by atoms with van der Waals surface area (Å²) in [7, 11) is 0. The maximum atomic E-state index is 14.0. The summed E-state index contributed by atoms with van der Waals surface area (Å²) in [4.78, 5) is 0. The molecule has 144 valence electrons. The monoisotopic (exact) mass is 373 g/mol. The number of hydrogen-bond acceptors (Lipinski definition) is 1. The van der Waals surface area contributed by atoms with Crippen LogP contribution in [0.5, 0.6) is 0 Å². The molecule has 0 heterocycles. The SMILES string of the molecule is C/C=C/C1CCC(C2CCc3cc(-c4ccc(C#N)c(F)c4)ccc3C2)CC1. The van der Waals surface area contributed by atoms with Gasteiger partial charge in [-0.15, -0.1) is 0 Å². The van der Waals surface area contributed by atoms with E-state index in [0.717, 1.165) is 35.3 Å². The topological polar surface area (TPSA) is 23.8 Å². The summed E-state index contributed by atoms with van der Waals surface area (Å²) in [6, 6.07) is 13.4. The molecule has 0 amide bonds. The van der Waals surface area contributed by atoms with E-state index in [9.17, 15) is 4.39 Å². The molecular weight excluding hydrogens is 345 g/mol. The van der Waals surface area contributed by atoms with Gasteiger partial charge in [-0.1, -0.05) is 36.4 Å². The van der Waals surface area contributed by atoms with Crippen LogP contribution in [0.4, 0.5) is 4.39 Å². The van der Waals surface area contributed by atoms with Gasteiger partial charge in [0.25, 0.3) is 0 Å². The highest BCUT2D eigenvalue weighted by molar-refractivity contribution is 5.66. The predicted molar refractivity (Wildman–Crippen MR) is 112 cm³/mol. The average molecular weight is 374 g/mol. The number of rotatable bonds is 3. The van der Waals surface area contributed by atoms with Crippen molar-refractivity contribution in [3.63, 3.8) is 0 Å². The smallest absolute Gasteiger partial charge is 0.141 e. The number of allylic oxidation sites excluding steroid dienone is 2. The Kier molecular flexibility index (Phi) is 5.62. The van der Waals surface area contributed by atoms with Crippen LogP contribution in [0.15, 0.2) is 48.6 Å². The summed E-state index contributed by atoms with van der Waals surface area (Å²) in [6.45, 7) is 2.13. The van der Waals surface area contributed by atoms with Crippen LogP contribution in [-0.4, -0.2) is 0 Å². The van der Waals surface area contributed by atoms with E-state index in [1.165, 1.54) is 55.7 Å². The first-order valence-electron chi connectivity index (χ1n) is 10.6. The number of halogens is 1. The number of nitriles is 1. The van der Waals surface area contributed by atoms with E-state index >= 15 is 0 Å². The van der Waals surface area contributed by atoms with Gasteiger partial charge in [0.05, 0.1) is 5.56 Å². The zero-order valence-corrected chi connectivity index (χ0v) is 16.6. The van der Waals surface area contributed by atoms with Gasteiger partial charge in [-0.25, -0.2) is 4.39 Å². The molecule has 0 spiro atoms. The standard InChI is InChI=1S/C26H28FN/c1-2-3-18-4-6-19(7-5-18)20-8-9-22-15-23(11-10-21(22)14-20)24-12-13-25(17-28)26(27)16-24/h2-3,10-13,15-16,18-20H,4-9,14H2,1H3/b3-2+. The van der Waals surface area contributed by atoms with Crippen LogP contribution >= 0.6 is 0 Å². The second-order valence-corrected chi connectivity index (χ2v) is 8.49. The molecule has 0 aliphatic heterocycles. The highest BCUT2D eigenvalue weighted by Crippen LogP contribution is 2.40. The van der Waals surface area contributed by atoms with E-state index in [-0.39, 0.29) is 5.56 Å². The van der Waals surface area contributed by atoms with Gasteiger partial charge in [-0.3, -0.25) is 0 Å². The Balaban J connectivity index is 1.46. The molecule has 2 aliphatic carbocycles. The molecule has 2 heteroatoms. The van der Waals surface area contributed by atoms with Crippen molar-refractivity contribution in [3.05, 3.63) is 71.1 Å². The van der Waals surface area contributed by atoms with E-state index < -0.39 is 5.82 Å². The van der Waals surface area contributed by atoms with Gasteiger partial charge in [0, 0.05) is 0 Å². The number of fused-ring (bicyclic) bond motifs is 1. The lowest BCUT2D eigenvalue weighted by Crippen LogP contribution is -2.26. The van der Waals surface area contributed by atoms with Crippen molar-refractivity contribution in [2.24, 2.45) is 17.8 Å². The summed E-state index contributed by atoms with van der Waals surface area (Å²) >= 11 is 0. The van der Waals surface area contributed by atoms with Crippen molar-refractivity contribution in [2.45, 2.75) is 51.9 Å². The first-order chi connectivity index (χ1) is 13.7. The molecule has 0 radical (unpaired) electrons. The van der Waals surface area contributed by atoms with Gasteiger partial charge in [0.15, 0.2) is 0 Å². The minimum absolute atomic E-state index is 0.105. The average Bonchev–Trinajstić information content (AvgIpc) is 2.74. The fraction of sp³-hybridized carbons (Fsp3) is 0.423.